The fourth-order valence-corrected chi connectivity index (χ4v) is 2.31. The first-order chi connectivity index (χ1) is 12.7. The predicted molar refractivity (Wildman–Crippen MR) is 95.9 cm³/mol. The van der Waals surface area contributed by atoms with Crippen molar-refractivity contribution in [1.82, 2.24) is 15.3 Å². The summed E-state index contributed by atoms with van der Waals surface area (Å²) in [5.41, 5.74) is 1.74. The molecule has 0 aliphatic heterocycles. The average molecular weight is 352 g/mol. The summed E-state index contributed by atoms with van der Waals surface area (Å²) in [4.78, 5) is 20.5. The van der Waals surface area contributed by atoms with Crippen molar-refractivity contribution in [2.75, 3.05) is 12.4 Å². The quantitative estimate of drug-likeness (QED) is 0.712. The Labute approximate surface area is 150 Å². The molecule has 2 N–H and O–H groups in total. The average Bonchev–Trinajstić information content (AvgIpc) is 2.68. The van der Waals surface area contributed by atoms with Crippen LogP contribution in [0, 0.1) is 5.82 Å². The van der Waals surface area contributed by atoms with E-state index in [1.165, 1.54) is 24.5 Å². The minimum atomic E-state index is -0.336. The van der Waals surface area contributed by atoms with E-state index >= 15 is 0 Å². The first kappa shape index (κ1) is 17.3. The Morgan fingerprint density at radius 3 is 2.54 bits per heavy atom. The van der Waals surface area contributed by atoms with Gasteiger partial charge in [0.25, 0.3) is 5.91 Å². The van der Waals surface area contributed by atoms with Crippen LogP contribution in [-0.2, 0) is 6.54 Å². The van der Waals surface area contributed by atoms with Gasteiger partial charge in [-0.2, -0.15) is 0 Å². The molecule has 0 aliphatic rings. The maximum absolute atomic E-state index is 12.9. The summed E-state index contributed by atoms with van der Waals surface area (Å²) in [6, 6.07) is 13.3. The molecular weight excluding hydrogens is 335 g/mol. The monoisotopic (exact) mass is 352 g/mol. The number of ether oxygens (including phenoxy) is 1. The smallest absolute Gasteiger partial charge is 0.271 e. The van der Waals surface area contributed by atoms with Crippen LogP contribution in [0.25, 0.3) is 0 Å². The van der Waals surface area contributed by atoms with Crippen LogP contribution in [0.5, 0.6) is 5.75 Å². The number of para-hydroxylation sites is 1. The van der Waals surface area contributed by atoms with Crippen LogP contribution in [0.15, 0.2) is 60.9 Å². The number of benzene rings is 2. The van der Waals surface area contributed by atoms with Crippen LogP contribution in [0.4, 0.5) is 15.9 Å². The van der Waals surface area contributed by atoms with Gasteiger partial charge in [0, 0.05) is 17.8 Å². The number of aromatic nitrogens is 2. The molecule has 0 spiro atoms. The zero-order valence-electron chi connectivity index (χ0n) is 14.1. The molecule has 1 aromatic heterocycles. The van der Waals surface area contributed by atoms with Crippen molar-refractivity contribution in [3.05, 3.63) is 78.0 Å². The van der Waals surface area contributed by atoms with E-state index in [0.717, 1.165) is 5.56 Å². The summed E-state index contributed by atoms with van der Waals surface area (Å²) in [6.07, 6.45) is 2.82. The molecule has 0 saturated heterocycles. The second-order valence-electron chi connectivity index (χ2n) is 5.41. The summed E-state index contributed by atoms with van der Waals surface area (Å²) in [6.45, 7) is 0.320. The summed E-state index contributed by atoms with van der Waals surface area (Å²) < 4.78 is 18.2. The molecule has 0 unspecified atom stereocenters. The van der Waals surface area contributed by atoms with Gasteiger partial charge in [0.2, 0.25) is 0 Å². The molecule has 132 valence electrons. The van der Waals surface area contributed by atoms with Gasteiger partial charge in [-0.25, -0.2) is 14.4 Å². The Bertz CT molecular complexity index is 883. The van der Waals surface area contributed by atoms with Crippen molar-refractivity contribution in [2.45, 2.75) is 6.54 Å². The lowest BCUT2D eigenvalue weighted by atomic mass is 10.2. The van der Waals surface area contributed by atoms with Gasteiger partial charge in [0.05, 0.1) is 19.5 Å². The Morgan fingerprint density at radius 2 is 1.85 bits per heavy atom. The number of anilines is 2. The lowest BCUT2D eigenvalue weighted by Crippen LogP contribution is -2.24. The minimum absolute atomic E-state index is 0.199. The number of rotatable bonds is 6. The zero-order chi connectivity index (χ0) is 18.4. The lowest BCUT2D eigenvalue weighted by Gasteiger charge is -2.09. The molecule has 2 aromatic carbocycles. The van der Waals surface area contributed by atoms with Gasteiger partial charge in [-0.15, -0.1) is 0 Å². The van der Waals surface area contributed by atoms with Crippen molar-refractivity contribution in [2.24, 2.45) is 0 Å². The fraction of sp³-hybridized carbons (Fsp3) is 0.105. The third-order valence-electron chi connectivity index (χ3n) is 3.63. The number of nitrogens with one attached hydrogen (secondary N) is 2. The second-order valence-corrected chi connectivity index (χ2v) is 5.41. The van der Waals surface area contributed by atoms with Gasteiger partial charge in [0.1, 0.15) is 23.1 Å². The van der Waals surface area contributed by atoms with Crippen LogP contribution >= 0.6 is 0 Å². The number of nitrogens with zero attached hydrogens (tertiary/aromatic N) is 2. The highest BCUT2D eigenvalue weighted by Crippen LogP contribution is 2.17. The van der Waals surface area contributed by atoms with Gasteiger partial charge < -0.3 is 15.4 Å². The van der Waals surface area contributed by atoms with E-state index in [4.69, 9.17) is 4.74 Å². The Kier molecular flexibility index (Phi) is 5.38. The molecule has 0 radical (unpaired) electrons. The normalized spacial score (nSPS) is 10.2. The summed E-state index contributed by atoms with van der Waals surface area (Å²) in [7, 11) is 1.58. The standard InChI is InChI=1S/C19H17FN4O2/c1-26-17-5-3-2-4-13(17)10-23-19(25)16-11-22-18(12-21-16)24-15-8-6-14(20)7-9-15/h2-9,11-12H,10H2,1H3,(H,22,24)(H,23,25). The van der Waals surface area contributed by atoms with Crippen molar-refractivity contribution < 1.29 is 13.9 Å². The Hall–Kier alpha value is -3.48. The van der Waals surface area contributed by atoms with Crippen LogP contribution in [0.3, 0.4) is 0 Å². The first-order valence-corrected chi connectivity index (χ1v) is 7.90. The molecule has 0 bridgehead atoms. The molecular formula is C19H17FN4O2. The van der Waals surface area contributed by atoms with Gasteiger partial charge >= 0.3 is 0 Å². The van der Waals surface area contributed by atoms with Crippen molar-refractivity contribution in [3.63, 3.8) is 0 Å². The number of amides is 1. The SMILES string of the molecule is COc1ccccc1CNC(=O)c1cnc(Nc2ccc(F)cc2)cn1. The molecule has 6 nitrogen and oxygen atoms in total. The molecule has 7 heteroatoms. The number of hydrogen-bond acceptors (Lipinski definition) is 5. The van der Waals surface area contributed by atoms with Crippen LogP contribution in [0.2, 0.25) is 0 Å². The number of carbonyl (C=O) groups excluding carboxylic acids is 1. The fourth-order valence-electron chi connectivity index (χ4n) is 2.31. The van der Waals surface area contributed by atoms with E-state index in [9.17, 15) is 9.18 Å². The van der Waals surface area contributed by atoms with Gasteiger partial charge in [-0.05, 0) is 30.3 Å². The van der Waals surface area contributed by atoms with Crippen LogP contribution in [0.1, 0.15) is 16.1 Å². The maximum Gasteiger partial charge on any atom is 0.271 e. The molecule has 1 heterocycles. The molecule has 3 rings (SSSR count). The molecule has 1 amide bonds. The van der Waals surface area contributed by atoms with E-state index in [2.05, 4.69) is 20.6 Å². The molecule has 26 heavy (non-hydrogen) atoms. The lowest BCUT2D eigenvalue weighted by molar-refractivity contribution is 0.0945. The van der Waals surface area contributed by atoms with Crippen molar-refractivity contribution in [1.29, 1.82) is 0 Å². The van der Waals surface area contributed by atoms with Crippen molar-refractivity contribution >= 4 is 17.4 Å². The number of methoxy groups -OCH3 is 1. The highest BCUT2D eigenvalue weighted by atomic mass is 19.1. The summed E-state index contributed by atoms with van der Waals surface area (Å²) in [5.74, 6) is 0.510. The molecule has 0 atom stereocenters. The molecule has 0 aliphatic carbocycles. The first-order valence-electron chi connectivity index (χ1n) is 7.90. The largest absolute Gasteiger partial charge is 0.496 e. The van der Waals surface area contributed by atoms with E-state index < -0.39 is 0 Å². The molecule has 0 saturated carbocycles. The van der Waals surface area contributed by atoms with Crippen LogP contribution < -0.4 is 15.4 Å². The predicted octanol–water partition coefficient (Wildman–Crippen LogP) is 3.30. The van der Waals surface area contributed by atoms with Crippen LogP contribution in [-0.4, -0.2) is 23.0 Å². The maximum atomic E-state index is 12.9. The minimum Gasteiger partial charge on any atom is -0.496 e. The number of hydrogen-bond donors (Lipinski definition) is 2. The van der Waals surface area contributed by atoms with Gasteiger partial charge in [-0.1, -0.05) is 18.2 Å². The third-order valence-corrected chi connectivity index (χ3v) is 3.63. The molecule has 0 fully saturated rings. The van der Waals surface area contributed by atoms with Gasteiger partial charge in [-0.3, -0.25) is 4.79 Å². The Balaban J connectivity index is 1.60. The van der Waals surface area contributed by atoms with E-state index in [0.29, 0.717) is 23.8 Å². The van der Waals surface area contributed by atoms with E-state index in [1.54, 1.807) is 19.2 Å². The van der Waals surface area contributed by atoms with E-state index in [-0.39, 0.29) is 17.4 Å². The summed E-state index contributed by atoms with van der Waals surface area (Å²) in [5, 5.41) is 5.76. The molecule has 3 aromatic rings. The highest BCUT2D eigenvalue weighted by Gasteiger charge is 2.09. The van der Waals surface area contributed by atoms with Crippen molar-refractivity contribution in [3.8, 4) is 5.75 Å². The zero-order valence-corrected chi connectivity index (χ0v) is 14.1. The number of carbonyl (C=O) groups is 1. The Morgan fingerprint density at radius 1 is 1.08 bits per heavy atom. The second kappa shape index (κ2) is 8.06. The third kappa shape index (κ3) is 4.32. The number of halogens is 1. The topological polar surface area (TPSA) is 76.1 Å². The van der Waals surface area contributed by atoms with E-state index in [1.807, 2.05) is 24.3 Å². The highest BCUT2D eigenvalue weighted by molar-refractivity contribution is 5.92. The summed E-state index contributed by atoms with van der Waals surface area (Å²) >= 11 is 0. The van der Waals surface area contributed by atoms with Gasteiger partial charge in [0.15, 0.2) is 0 Å².